The van der Waals surface area contributed by atoms with Crippen LogP contribution < -0.4 is 0 Å². The molecule has 2 rings (SSSR count). The first kappa shape index (κ1) is 9.15. The summed E-state index contributed by atoms with van der Waals surface area (Å²) >= 11 is 1.52. The molecule has 4 heteroatoms. The molecule has 1 unspecified atom stereocenters. The lowest BCUT2D eigenvalue weighted by Crippen LogP contribution is -2.35. The molecule has 0 aromatic rings. The molecule has 2 heterocycles. The lowest BCUT2D eigenvalue weighted by Gasteiger charge is -2.28. The Kier molecular flexibility index (Phi) is 2.45. The van der Waals surface area contributed by atoms with Gasteiger partial charge < -0.3 is 10.0 Å². The number of rotatable bonds is 1. The van der Waals surface area contributed by atoms with Gasteiger partial charge in [-0.3, -0.25) is 0 Å². The molecule has 0 bridgehead atoms. The third-order valence-corrected chi connectivity index (χ3v) is 2.85. The van der Waals surface area contributed by atoms with E-state index in [1.807, 2.05) is 23.6 Å². The Morgan fingerprint density at radius 2 is 2.29 bits per heavy atom. The van der Waals surface area contributed by atoms with Crippen LogP contribution in [0, 0.1) is 0 Å². The van der Waals surface area contributed by atoms with Crippen LogP contribution in [0.5, 0.6) is 0 Å². The molecule has 2 aliphatic rings. The van der Waals surface area contributed by atoms with E-state index in [4.69, 9.17) is 5.11 Å². The average Bonchev–Trinajstić information content (AvgIpc) is 2.41. The summed E-state index contributed by atoms with van der Waals surface area (Å²) in [6, 6.07) is -0.585. The highest BCUT2D eigenvalue weighted by Gasteiger charge is 2.25. The van der Waals surface area contributed by atoms with Crippen LogP contribution in [0.1, 0.15) is 0 Å². The molecule has 0 fully saturated rings. The second-order valence-corrected chi connectivity index (χ2v) is 3.79. The quantitative estimate of drug-likeness (QED) is 0.713. The van der Waals surface area contributed by atoms with Gasteiger partial charge in [-0.1, -0.05) is 30.0 Å². The van der Waals surface area contributed by atoms with Crippen molar-refractivity contribution in [2.75, 3.05) is 0 Å². The van der Waals surface area contributed by atoms with Gasteiger partial charge in [0.1, 0.15) is 0 Å². The summed E-state index contributed by atoms with van der Waals surface area (Å²) in [5.74, 6) is -0.834. The van der Waals surface area contributed by atoms with E-state index in [1.54, 1.807) is 23.3 Å². The van der Waals surface area contributed by atoms with Crippen LogP contribution in [0.2, 0.25) is 0 Å². The number of carboxylic acids is 1. The molecule has 14 heavy (non-hydrogen) atoms. The van der Waals surface area contributed by atoms with Gasteiger partial charge in [-0.05, 0) is 17.6 Å². The summed E-state index contributed by atoms with van der Waals surface area (Å²) in [6.45, 7) is 0. The maximum Gasteiger partial charge on any atom is 0.330 e. The van der Waals surface area contributed by atoms with Crippen LogP contribution in [0.25, 0.3) is 0 Å². The molecule has 2 aliphatic heterocycles. The lowest BCUT2D eigenvalue weighted by atomic mass is 10.2. The third kappa shape index (κ3) is 1.61. The molecular weight excluding hydrogens is 198 g/mol. The van der Waals surface area contributed by atoms with Crippen LogP contribution in [0.4, 0.5) is 0 Å². The maximum absolute atomic E-state index is 10.9. The van der Waals surface area contributed by atoms with Crippen LogP contribution in [-0.2, 0) is 4.79 Å². The molecule has 0 aromatic carbocycles. The highest BCUT2D eigenvalue weighted by molar-refractivity contribution is 8.05. The Morgan fingerprint density at radius 1 is 1.43 bits per heavy atom. The fourth-order valence-corrected chi connectivity index (χ4v) is 2.09. The number of hydrogen-bond acceptors (Lipinski definition) is 3. The standard InChI is InChI=1S/C10H9NO2S/c12-10(13)8-4-3-5-9-11(8)6-1-2-7-14-9/h1-8H,(H,12,13). The molecule has 0 saturated heterocycles. The van der Waals surface area contributed by atoms with Crippen molar-refractivity contribution in [3.05, 3.63) is 47.0 Å². The molecule has 0 saturated carbocycles. The molecule has 0 aliphatic carbocycles. The van der Waals surface area contributed by atoms with Gasteiger partial charge in [0.2, 0.25) is 0 Å². The Hall–Kier alpha value is -1.42. The second kappa shape index (κ2) is 3.75. The number of nitrogens with zero attached hydrogens (tertiary/aromatic N) is 1. The van der Waals surface area contributed by atoms with E-state index < -0.39 is 12.0 Å². The predicted octanol–water partition coefficient (Wildman–Crippen LogP) is 1.93. The molecule has 1 N–H and O–H groups in total. The Labute approximate surface area is 86.1 Å². The number of fused-ring (bicyclic) bond motifs is 1. The van der Waals surface area contributed by atoms with Crippen molar-refractivity contribution in [3.63, 3.8) is 0 Å². The predicted molar refractivity (Wildman–Crippen MR) is 56.4 cm³/mol. The van der Waals surface area contributed by atoms with Crippen LogP contribution >= 0.6 is 11.8 Å². The van der Waals surface area contributed by atoms with E-state index in [0.717, 1.165) is 5.03 Å². The first-order chi connectivity index (χ1) is 6.79. The number of allylic oxidation sites excluding steroid dienone is 4. The number of carbonyl (C=O) groups is 1. The summed E-state index contributed by atoms with van der Waals surface area (Å²) in [5.41, 5.74) is 0. The van der Waals surface area contributed by atoms with Crippen molar-refractivity contribution in [3.8, 4) is 0 Å². The van der Waals surface area contributed by atoms with Crippen molar-refractivity contribution < 1.29 is 9.90 Å². The van der Waals surface area contributed by atoms with Crippen molar-refractivity contribution >= 4 is 17.7 Å². The minimum Gasteiger partial charge on any atom is -0.479 e. The van der Waals surface area contributed by atoms with Gasteiger partial charge in [0.05, 0.1) is 5.03 Å². The van der Waals surface area contributed by atoms with Gasteiger partial charge in [0.15, 0.2) is 6.04 Å². The summed E-state index contributed by atoms with van der Waals surface area (Å²) in [5, 5.41) is 11.9. The van der Waals surface area contributed by atoms with Crippen molar-refractivity contribution in [1.29, 1.82) is 0 Å². The molecule has 0 radical (unpaired) electrons. The number of aliphatic carboxylic acids is 1. The van der Waals surface area contributed by atoms with E-state index in [0.29, 0.717) is 0 Å². The summed E-state index contributed by atoms with van der Waals surface area (Å²) in [7, 11) is 0. The molecule has 0 amide bonds. The van der Waals surface area contributed by atoms with Gasteiger partial charge in [-0.2, -0.15) is 0 Å². The third-order valence-electron chi connectivity index (χ3n) is 1.96. The van der Waals surface area contributed by atoms with E-state index in [2.05, 4.69) is 0 Å². The minimum absolute atomic E-state index is 0.585. The first-order valence-corrected chi connectivity index (χ1v) is 5.06. The van der Waals surface area contributed by atoms with Crippen LogP contribution in [0.15, 0.2) is 47.0 Å². The van der Waals surface area contributed by atoms with E-state index >= 15 is 0 Å². The van der Waals surface area contributed by atoms with Crippen molar-refractivity contribution in [2.45, 2.75) is 6.04 Å². The summed E-state index contributed by atoms with van der Waals surface area (Å²) < 4.78 is 0. The lowest BCUT2D eigenvalue weighted by molar-refractivity contribution is -0.139. The zero-order valence-corrected chi connectivity index (χ0v) is 8.15. The molecule has 72 valence electrons. The number of carboxylic acid groups (broad SMARTS) is 1. The number of hydrogen-bond donors (Lipinski definition) is 1. The zero-order valence-electron chi connectivity index (χ0n) is 7.33. The normalized spacial score (nSPS) is 24.1. The fourth-order valence-electron chi connectivity index (χ4n) is 1.32. The van der Waals surface area contributed by atoms with Gasteiger partial charge in [-0.15, -0.1) is 0 Å². The Balaban J connectivity index is 2.32. The highest BCUT2D eigenvalue weighted by atomic mass is 32.2. The molecule has 0 spiro atoms. The largest absolute Gasteiger partial charge is 0.479 e. The minimum atomic E-state index is -0.834. The zero-order chi connectivity index (χ0) is 9.97. The fraction of sp³-hybridized carbons (Fsp3) is 0.100. The maximum atomic E-state index is 10.9. The molecule has 0 aromatic heterocycles. The molecule has 1 atom stereocenters. The molecular formula is C10H9NO2S. The summed E-state index contributed by atoms with van der Waals surface area (Å²) in [4.78, 5) is 12.7. The highest BCUT2D eigenvalue weighted by Crippen LogP contribution is 2.29. The van der Waals surface area contributed by atoms with Crippen LogP contribution in [-0.4, -0.2) is 22.0 Å². The molecule has 3 nitrogen and oxygen atoms in total. The van der Waals surface area contributed by atoms with Gasteiger partial charge in [0.25, 0.3) is 0 Å². The Bertz CT molecular complexity index is 368. The van der Waals surface area contributed by atoms with E-state index in [1.165, 1.54) is 11.8 Å². The second-order valence-electron chi connectivity index (χ2n) is 2.87. The Morgan fingerprint density at radius 3 is 3.07 bits per heavy atom. The first-order valence-electron chi connectivity index (χ1n) is 4.18. The monoisotopic (exact) mass is 207 g/mol. The van der Waals surface area contributed by atoms with Crippen molar-refractivity contribution in [1.82, 2.24) is 4.90 Å². The smallest absolute Gasteiger partial charge is 0.330 e. The van der Waals surface area contributed by atoms with Gasteiger partial charge in [0, 0.05) is 6.20 Å². The van der Waals surface area contributed by atoms with Crippen molar-refractivity contribution in [2.24, 2.45) is 0 Å². The van der Waals surface area contributed by atoms with E-state index in [-0.39, 0.29) is 0 Å². The van der Waals surface area contributed by atoms with Gasteiger partial charge in [-0.25, -0.2) is 4.79 Å². The topological polar surface area (TPSA) is 40.5 Å². The average molecular weight is 207 g/mol. The van der Waals surface area contributed by atoms with Crippen LogP contribution in [0.3, 0.4) is 0 Å². The van der Waals surface area contributed by atoms with Gasteiger partial charge >= 0.3 is 5.97 Å². The van der Waals surface area contributed by atoms with E-state index in [9.17, 15) is 4.79 Å². The SMILES string of the molecule is O=C(O)C1C=CC=C2SC=CC=CN21. The number of thioether (sulfide) groups is 1. The summed E-state index contributed by atoms with van der Waals surface area (Å²) in [6.07, 6.45) is 10.9.